The van der Waals surface area contributed by atoms with Gasteiger partial charge in [-0.3, -0.25) is 14.4 Å². The van der Waals surface area contributed by atoms with Crippen molar-refractivity contribution in [2.24, 2.45) is 0 Å². The zero-order chi connectivity index (χ0) is 45.1. The molecule has 0 amide bonds. The molecule has 1 unspecified atom stereocenters. The number of esters is 3. The van der Waals surface area contributed by atoms with Crippen LogP contribution in [0.5, 0.6) is 0 Å². The monoisotopic (exact) mass is 873 g/mol. The normalized spacial score (nSPS) is 12.1. The van der Waals surface area contributed by atoms with Crippen molar-refractivity contribution in [3.05, 3.63) is 24.3 Å². The molecule has 0 N–H and O–H groups in total. The Labute approximate surface area is 385 Å². The average molecular weight is 873 g/mol. The molecule has 0 radical (unpaired) electrons. The Hall–Kier alpha value is -2.11. The van der Waals surface area contributed by atoms with Crippen LogP contribution in [0.15, 0.2) is 24.3 Å². The maximum Gasteiger partial charge on any atom is 0.306 e. The first-order chi connectivity index (χ1) is 30.5. The molecule has 0 rings (SSSR count). The second kappa shape index (κ2) is 51.5. The predicted octanol–water partition coefficient (Wildman–Crippen LogP) is 17.9. The number of unbranched alkanes of at least 4 members (excludes halogenated alkanes) is 35. The lowest BCUT2D eigenvalue weighted by molar-refractivity contribution is -0.167. The van der Waals surface area contributed by atoms with Gasteiger partial charge in [-0.25, -0.2) is 0 Å². The molecular formula is C56H104O6. The highest BCUT2D eigenvalue weighted by Crippen LogP contribution is 2.17. The van der Waals surface area contributed by atoms with E-state index in [0.29, 0.717) is 19.3 Å². The lowest BCUT2D eigenvalue weighted by atomic mass is 10.0. The van der Waals surface area contributed by atoms with Gasteiger partial charge in [0.15, 0.2) is 6.10 Å². The van der Waals surface area contributed by atoms with Crippen molar-refractivity contribution < 1.29 is 28.6 Å². The van der Waals surface area contributed by atoms with E-state index in [1.54, 1.807) is 0 Å². The molecular weight excluding hydrogens is 769 g/mol. The van der Waals surface area contributed by atoms with E-state index in [2.05, 4.69) is 45.1 Å². The number of carbonyl (C=O) groups is 3. The Balaban J connectivity index is 3.97. The first kappa shape index (κ1) is 59.9. The first-order valence-electron chi connectivity index (χ1n) is 27.3. The molecule has 364 valence electrons. The van der Waals surface area contributed by atoms with Crippen LogP contribution in [0.4, 0.5) is 0 Å². The minimum Gasteiger partial charge on any atom is -0.462 e. The van der Waals surface area contributed by atoms with Crippen LogP contribution in [0.2, 0.25) is 0 Å². The van der Waals surface area contributed by atoms with Gasteiger partial charge in [0.25, 0.3) is 0 Å². The quantitative estimate of drug-likeness (QED) is 0.0262. The van der Waals surface area contributed by atoms with E-state index < -0.39 is 6.10 Å². The van der Waals surface area contributed by atoms with E-state index in [0.717, 1.165) is 96.3 Å². The zero-order valence-corrected chi connectivity index (χ0v) is 41.7. The van der Waals surface area contributed by atoms with Gasteiger partial charge in [0, 0.05) is 19.3 Å². The maximum atomic E-state index is 12.7. The summed E-state index contributed by atoms with van der Waals surface area (Å²) in [7, 11) is 0. The van der Waals surface area contributed by atoms with Gasteiger partial charge in [0.2, 0.25) is 0 Å². The molecule has 0 aromatic heterocycles. The van der Waals surface area contributed by atoms with Crippen molar-refractivity contribution in [2.45, 2.75) is 303 Å². The number of rotatable bonds is 50. The first-order valence-corrected chi connectivity index (χ1v) is 27.3. The predicted molar refractivity (Wildman–Crippen MR) is 266 cm³/mol. The van der Waals surface area contributed by atoms with Gasteiger partial charge in [-0.1, -0.05) is 257 Å². The Morgan fingerprint density at radius 3 is 0.952 bits per heavy atom. The van der Waals surface area contributed by atoms with Gasteiger partial charge >= 0.3 is 17.9 Å². The fourth-order valence-electron chi connectivity index (χ4n) is 8.07. The maximum absolute atomic E-state index is 12.7. The smallest absolute Gasteiger partial charge is 0.306 e. The third-order valence-corrected chi connectivity index (χ3v) is 12.2. The molecule has 0 fully saturated rings. The number of ether oxygens (including phenoxy) is 3. The second-order valence-corrected chi connectivity index (χ2v) is 18.5. The molecule has 6 heteroatoms. The third-order valence-electron chi connectivity index (χ3n) is 12.2. The molecule has 0 bridgehead atoms. The highest BCUT2D eigenvalue weighted by Gasteiger charge is 2.19. The molecule has 0 heterocycles. The summed E-state index contributed by atoms with van der Waals surface area (Å²) in [4.78, 5) is 37.6. The highest BCUT2D eigenvalue weighted by atomic mass is 16.6. The minimum absolute atomic E-state index is 0.0737. The summed E-state index contributed by atoms with van der Waals surface area (Å²) in [6.07, 6.45) is 59.4. The molecule has 62 heavy (non-hydrogen) atoms. The zero-order valence-electron chi connectivity index (χ0n) is 41.7. The number of hydrogen-bond acceptors (Lipinski definition) is 6. The summed E-state index contributed by atoms with van der Waals surface area (Å²) in [6.45, 7) is 6.51. The van der Waals surface area contributed by atoms with Crippen LogP contribution in [0, 0.1) is 0 Å². The number of hydrogen-bond donors (Lipinski definition) is 0. The molecule has 0 aromatic carbocycles. The topological polar surface area (TPSA) is 78.9 Å². The summed E-state index contributed by atoms with van der Waals surface area (Å²) < 4.78 is 16.7. The largest absolute Gasteiger partial charge is 0.462 e. The van der Waals surface area contributed by atoms with Gasteiger partial charge in [0.1, 0.15) is 13.2 Å². The van der Waals surface area contributed by atoms with Crippen LogP contribution < -0.4 is 0 Å². The standard InChI is InChI=1S/C56H104O6/c1-4-7-10-13-15-17-19-21-22-23-24-25-26-27-28-29-30-31-32-33-35-36-38-40-43-46-49-55(58)61-52-53(51-60-54(57)48-45-42-12-9-6-3)62-56(59)50-47-44-41-39-37-34-20-18-16-14-11-8-5-2/h11,14,18,20,53H,4-10,12-13,15-17,19,21-52H2,1-3H3/b14-11-,20-18-. The fourth-order valence-corrected chi connectivity index (χ4v) is 8.07. The molecule has 6 nitrogen and oxygen atoms in total. The van der Waals surface area contributed by atoms with Crippen molar-refractivity contribution in [1.82, 2.24) is 0 Å². The Kier molecular flexibility index (Phi) is 49.8. The van der Waals surface area contributed by atoms with Crippen molar-refractivity contribution in [3.8, 4) is 0 Å². The average Bonchev–Trinajstić information content (AvgIpc) is 3.27. The molecule has 0 saturated carbocycles. The molecule has 0 aliphatic heterocycles. The Bertz CT molecular complexity index is 1000. The van der Waals surface area contributed by atoms with Gasteiger partial charge in [0.05, 0.1) is 0 Å². The minimum atomic E-state index is -0.770. The lowest BCUT2D eigenvalue weighted by Gasteiger charge is -2.18. The van der Waals surface area contributed by atoms with Crippen LogP contribution in [-0.2, 0) is 28.6 Å². The highest BCUT2D eigenvalue weighted by molar-refractivity contribution is 5.71. The van der Waals surface area contributed by atoms with Gasteiger partial charge in [-0.05, 0) is 44.9 Å². The summed E-state index contributed by atoms with van der Waals surface area (Å²) in [5.41, 5.74) is 0. The van der Waals surface area contributed by atoms with Crippen molar-refractivity contribution in [2.75, 3.05) is 13.2 Å². The third kappa shape index (κ3) is 48.9. The molecule has 0 aliphatic rings. The van der Waals surface area contributed by atoms with Crippen molar-refractivity contribution in [3.63, 3.8) is 0 Å². The summed E-state index contributed by atoms with van der Waals surface area (Å²) in [5, 5.41) is 0. The van der Waals surface area contributed by atoms with Crippen LogP contribution in [0.3, 0.4) is 0 Å². The number of carbonyl (C=O) groups excluding carboxylic acids is 3. The van der Waals surface area contributed by atoms with Gasteiger partial charge < -0.3 is 14.2 Å². The molecule has 0 spiro atoms. The molecule has 0 aromatic rings. The van der Waals surface area contributed by atoms with Gasteiger partial charge in [-0.15, -0.1) is 0 Å². The van der Waals surface area contributed by atoms with E-state index in [9.17, 15) is 14.4 Å². The Morgan fingerprint density at radius 1 is 0.323 bits per heavy atom. The van der Waals surface area contributed by atoms with Gasteiger partial charge in [-0.2, -0.15) is 0 Å². The second-order valence-electron chi connectivity index (χ2n) is 18.5. The van der Waals surface area contributed by atoms with Crippen LogP contribution in [-0.4, -0.2) is 37.2 Å². The number of allylic oxidation sites excluding steroid dienone is 4. The van der Waals surface area contributed by atoms with E-state index in [-0.39, 0.29) is 31.1 Å². The molecule has 0 aliphatic carbocycles. The van der Waals surface area contributed by atoms with Crippen molar-refractivity contribution >= 4 is 17.9 Å². The summed E-state index contributed by atoms with van der Waals surface area (Å²) >= 11 is 0. The van der Waals surface area contributed by atoms with E-state index >= 15 is 0 Å². The van der Waals surface area contributed by atoms with E-state index in [1.165, 1.54) is 161 Å². The summed E-state index contributed by atoms with van der Waals surface area (Å²) in [5.74, 6) is -0.890. The van der Waals surface area contributed by atoms with E-state index in [4.69, 9.17) is 14.2 Å². The SMILES string of the molecule is CCC/C=C\C/C=C\CCCCCCCC(=O)OC(COC(=O)CCCCCCC)COC(=O)CCCCCCCCCCCCCCCCCCCCCCCCCCCC. The fraction of sp³-hybridized carbons (Fsp3) is 0.875. The molecule has 1 atom stereocenters. The van der Waals surface area contributed by atoms with Crippen LogP contribution in [0.1, 0.15) is 297 Å². The van der Waals surface area contributed by atoms with Crippen LogP contribution in [0.25, 0.3) is 0 Å². The van der Waals surface area contributed by atoms with E-state index in [1.807, 2.05) is 0 Å². The van der Waals surface area contributed by atoms with Crippen molar-refractivity contribution in [1.29, 1.82) is 0 Å². The van der Waals surface area contributed by atoms with Crippen LogP contribution >= 0.6 is 0 Å². The summed E-state index contributed by atoms with van der Waals surface area (Å²) in [6, 6.07) is 0. The Morgan fingerprint density at radius 2 is 0.613 bits per heavy atom. The molecule has 0 saturated heterocycles. The lowest BCUT2D eigenvalue weighted by Crippen LogP contribution is -2.30.